The third-order valence-corrected chi connectivity index (χ3v) is 7.76. The first-order chi connectivity index (χ1) is 20.3. The predicted molar refractivity (Wildman–Crippen MR) is 182 cm³/mol. The average Bonchev–Trinajstić information content (AvgIpc) is 3.39. The molecule has 0 spiro atoms. The van der Waals surface area contributed by atoms with E-state index in [0.29, 0.717) is 0 Å². The van der Waals surface area contributed by atoms with E-state index < -0.39 is 0 Å². The Morgan fingerprint density at radius 2 is 1.38 bits per heavy atom. The van der Waals surface area contributed by atoms with Gasteiger partial charge in [0.2, 0.25) is 0 Å². The van der Waals surface area contributed by atoms with Crippen LogP contribution in [-0.4, -0.2) is 19.5 Å². The largest absolute Gasteiger partial charge is 0.387 e. The predicted octanol–water partition coefficient (Wildman–Crippen LogP) is 8.66. The molecule has 6 heteroatoms. The first kappa shape index (κ1) is 26.1. The van der Waals surface area contributed by atoms with Gasteiger partial charge in [-0.2, -0.15) is 0 Å². The highest BCUT2D eigenvalue weighted by Gasteiger charge is 2.19. The van der Waals surface area contributed by atoms with Crippen molar-refractivity contribution in [2.24, 2.45) is 0 Å². The molecule has 1 N–H and O–H groups in total. The van der Waals surface area contributed by atoms with Crippen LogP contribution in [0.15, 0.2) is 128 Å². The highest BCUT2D eigenvalue weighted by molar-refractivity contribution is 14.0. The van der Waals surface area contributed by atoms with Crippen molar-refractivity contribution in [1.82, 2.24) is 24.8 Å². The Morgan fingerprint density at radius 3 is 2.29 bits per heavy atom. The molecule has 0 aliphatic carbocycles. The van der Waals surface area contributed by atoms with E-state index in [-0.39, 0.29) is 24.0 Å². The average molecular weight is 656 g/mol. The second kappa shape index (κ2) is 10.9. The van der Waals surface area contributed by atoms with Gasteiger partial charge < -0.3 is 5.32 Å². The van der Waals surface area contributed by atoms with E-state index in [4.69, 9.17) is 9.97 Å². The number of rotatable bonds is 4. The molecule has 1 aliphatic rings. The molecule has 202 valence electrons. The number of pyridine rings is 3. The number of nitrogens with one attached hydrogen (secondary N) is 1. The summed E-state index contributed by atoms with van der Waals surface area (Å²) in [5.41, 5.74) is 10.5. The molecular weight excluding hydrogens is 629 g/mol. The molecule has 0 atom stereocenters. The normalized spacial score (nSPS) is 12.1. The first-order valence-electron chi connectivity index (χ1n) is 13.8. The van der Waals surface area contributed by atoms with Crippen LogP contribution in [0.2, 0.25) is 0 Å². The Bertz CT molecular complexity index is 2110. The van der Waals surface area contributed by atoms with Gasteiger partial charge in [-0.3, -0.25) is 9.55 Å². The fourth-order valence-corrected chi connectivity index (χ4v) is 5.82. The molecule has 0 saturated heterocycles. The molecule has 0 fully saturated rings. The van der Waals surface area contributed by atoms with Crippen molar-refractivity contribution in [2.75, 3.05) is 0 Å². The zero-order chi connectivity index (χ0) is 27.2. The van der Waals surface area contributed by atoms with Gasteiger partial charge in [0, 0.05) is 40.2 Å². The molecule has 4 aromatic heterocycles. The molecule has 0 bridgehead atoms. The van der Waals surface area contributed by atoms with E-state index in [9.17, 15) is 0 Å². The number of nitrogens with zero attached hydrogens (tertiary/aromatic N) is 4. The number of para-hydroxylation sites is 2. The molecule has 0 amide bonds. The summed E-state index contributed by atoms with van der Waals surface area (Å²) in [5, 5.41) is 5.73. The van der Waals surface area contributed by atoms with Gasteiger partial charge in [0.15, 0.2) is 0 Å². The highest BCUT2D eigenvalue weighted by Crippen LogP contribution is 2.33. The van der Waals surface area contributed by atoms with Crippen LogP contribution in [0, 0.1) is 0 Å². The molecule has 42 heavy (non-hydrogen) atoms. The summed E-state index contributed by atoms with van der Waals surface area (Å²) in [7, 11) is 0. The van der Waals surface area contributed by atoms with E-state index in [2.05, 4.69) is 118 Å². The Morgan fingerprint density at radius 1 is 0.643 bits per heavy atom. The Balaban J connectivity index is 0.00000288. The van der Waals surface area contributed by atoms with Crippen LogP contribution in [-0.2, 0) is 6.54 Å². The van der Waals surface area contributed by atoms with E-state index in [1.54, 1.807) is 0 Å². The van der Waals surface area contributed by atoms with Gasteiger partial charge in [0.25, 0.3) is 0 Å². The van der Waals surface area contributed by atoms with Gasteiger partial charge in [0.05, 0.1) is 33.8 Å². The van der Waals surface area contributed by atoms with Crippen molar-refractivity contribution >= 4 is 51.9 Å². The highest BCUT2D eigenvalue weighted by atomic mass is 127. The molecule has 5 nitrogen and oxygen atoms in total. The maximum atomic E-state index is 5.10. The van der Waals surface area contributed by atoms with Crippen molar-refractivity contribution in [3.8, 4) is 39.6 Å². The quantitative estimate of drug-likeness (QED) is 0.193. The van der Waals surface area contributed by atoms with Crippen LogP contribution in [0.4, 0.5) is 0 Å². The number of aromatic nitrogens is 4. The summed E-state index contributed by atoms with van der Waals surface area (Å²) < 4.78 is 2.25. The lowest BCUT2D eigenvalue weighted by molar-refractivity contribution is 0.852. The lowest BCUT2D eigenvalue weighted by atomic mass is 10.00. The molecule has 0 unspecified atom stereocenters. The van der Waals surface area contributed by atoms with Gasteiger partial charge in [-0.1, -0.05) is 78.9 Å². The molecule has 1 aliphatic heterocycles. The van der Waals surface area contributed by atoms with Gasteiger partial charge in [0.1, 0.15) is 5.82 Å². The molecular formula is C36H26IN5. The lowest BCUT2D eigenvalue weighted by Gasteiger charge is -2.13. The number of halogens is 1. The van der Waals surface area contributed by atoms with Crippen LogP contribution < -0.4 is 5.32 Å². The zero-order valence-electron chi connectivity index (χ0n) is 22.6. The fraction of sp³-hybridized carbons (Fsp3) is 0.0278. The van der Waals surface area contributed by atoms with Gasteiger partial charge in [-0.15, -0.1) is 24.0 Å². The fourth-order valence-electron chi connectivity index (χ4n) is 5.82. The van der Waals surface area contributed by atoms with Crippen molar-refractivity contribution < 1.29 is 0 Å². The lowest BCUT2D eigenvalue weighted by Crippen LogP contribution is -2.11. The standard InChI is InChI=1S/C36H25N5.HI/c1-2-14-33-28(9-1)29-23-37-22-20-34(29)41(33)35-15-5-13-32(40-35)31-12-4-11-30(39-31)25-18-16-24(17-19-25)27-10-3-7-26-8-6-21-38-36(26)27;/h1-22,37H,23H2;1H. The topological polar surface area (TPSA) is 55.6 Å². The van der Waals surface area contributed by atoms with Gasteiger partial charge in [-0.25, -0.2) is 9.97 Å². The molecule has 7 aromatic rings. The molecule has 0 saturated carbocycles. The monoisotopic (exact) mass is 655 g/mol. The number of benzene rings is 3. The van der Waals surface area contributed by atoms with Crippen LogP contribution in [0.5, 0.6) is 0 Å². The Labute approximate surface area is 260 Å². The summed E-state index contributed by atoms with van der Waals surface area (Å²) >= 11 is 0. The van der Waals surface area contributed by atoms with Crippen LogP contribution >= 0.6 is 24.0 Å². The SMILES string of the molecule is C1=Cc2c(c3ccccc3n2-c2cccc(-c3cccc(-c4ccc(-c5cccc6cccnc56)cc4)n3)n2)CN1.I. The molecule has 8 rings (SSSR count). The summed E-state index contributed by atoms with van der Waals surface area (Å²) in [6, 6.07) is 39.7. The molecule has 0 radical (unpaired) electrons. The van der Waals surface area contributed by atoms with E-state index >= 15 is 0 Å². The maximum absolute atomic E-state index is 5.10. The van der Waals surface area contributed by atoms with Crippen molar-refractivity contribution in [3.05, 3.63) is 139 Å². The summed E-state index contributed by atoms with van der Waals surface area (Å²) in [6.45, 7) is 0.804. The second-order valence-electron chi connectivity index (χ2n) is 10.2. The zero-order valence-corrected chi connectivity index (χ0v) is 24.9. The minimum absolute atomic E-state index is 0. The van der Waals surface area contributed by atoms with Crippen LogP contribution in [0.25, 0.3) is 67.5 Å². The smallest absolute Gasteiger partial charge is 0.138 e. The van der Waals surface area contributed by atoms with E-state index in [1.807, 2.05) is 30.6 Å². The summed E-state index contributed by atoms with van der Waals surface area (Å²) in [6.07, 6.45) is 5.98. The minimum atomic E-state index is 0. The number of hydrogen-bond donors (Lipinski definition) is 1. The summed E-state index contributed by atoms with van der Waals surface area (Å²) in [4.78, 5) is 14.8. The Hall–Kier alpha value is -4.82. The van der Waals surface area contributed by atoms with Gasteiger partial charge in [-0.05, 0) is 54.2 Å². The van der Waals surface area contributed by atoms with Crippen molar-refractivity contribution in [3.63, 3.8) is 0 Å². The van der Waals surface area contributed by atoms with Gasteiger partial charge >= 0.3 is 0 Å². The van der Waals surface area contributed by atoms with Crippen molar-refractivity contribution in [2.45, 2.75) is 6.54 Å². The minimum Gasteiger partial charge on any atom is -0.387 e. The Kier molecular flexibility index (Phi) is 6.76. The van der Waals surface area contributed by atoms with Crippen LogP contribution in [0.1, 0.15) is 11.3 Å². The third kappa shape index (κ3) is 4.44. The molecule has 5 heterocycles. The number of fused-ring (bicyclic) bond motifs is 4. The van der Waals surface area contributed by atoms with E-state index in [0.717, 1.165) is 68.2 Å². The first-order valence-corrected chi connectivity index (χ1v) is 13.8. The third-order valence-electron chi connectivity index (χ3n) is 7.76. The summed E-state index contributed by atoms with van der Waals surface area (Å²) in [5.74, 6) is 0.881. The van der Waals surface area contributed by atoms with Crippen molar-refractivity contribution in [1.29, 1.82) is 0 Å². The van der Waals surface area contributed by atoms with Crippen LogP contribution in [0.3, 0.4) is 0 Å². The maximum Gasteiger partial charge on any atom is 0.138 e. The second-order valence-corrected chi connectivity index (χ2v) is 10.2. The van der Waals surface area contributed by atoms with E-state index in [1.165, 1.54) is 10.9 Å². The number of hydrogen-bond acceptors (Lipinski definition) is 4. The molecule has 3 aromatic carbocycles.